The van der Waals surface area contributed by atoms with Crippen LogP contribution in [0.5, 0.6) is 0 Å². The number of oxazole rings is 1. The Hall–Kier alpha value is -2.33. The van der Waals surface area contributed by atoms with Crippen LogP contribution in [0.25, 0.3) is 22.8 Å². The second-order valence-electron chi connectivity index (χ2n) is 4.27. The van der Waals surface area contributed by atoms with Gasteiger partial charge in [-0.2, -0.15) is 0 Å². The van der Waals surface area contributed by atoms with E-state index in [4.69, 9.17) is 21.8 Å². The Bertz CT molecular complexity index is 753. The average Bonchev–Trinajstić information content (AvgIpc) is 2.92. The van der Waals surface area contributed by atoms with E-state index in [2.05, 4.69) is 4.98 Å². The Morgan fingerprint density at radius 1 is 1.05 bits per heavy atom. The molecule has 5 heteroatoms. The molecule has 3 rings (SSSR count). The zero-order valence-corrected chi connectivity index (χ0v) is 11.1. The molecular formula is C15H10ClFN2O. The highest BCUT2D eigenvalue weighted by Crippen LogP contribution is 2.29. The number of aromatic nitrogens is 1. The molecule has 20 heavy (non-hydrogen) atoms. The molecule has 2 N–H and O–H groups in total. The molecule has 0 aliphatic carbocycles. The Morgan fingerprint density at radius 3 is 2.45 bits per heavy atom. The van der Waals surface area contributed by atoms with Crippen molar-refractivity contribution in [2.24, 2.45) is 0 Å². The fourth-order valence-electron chi connectivity index (χ4n) is 1.83. The van der Waals surface area contributed by atoms with Crippen LogP contribution in [0.15, 0.2) is 53.1 Å². The van der Waals surface area contributed by atoms with Crippen molar-refractivity contribution in [3.8, 4) is 22.8 Å². The largest absolute Gasteiger partial charge is 0.436 e. The summed E-state index contributed by atoms with van der Waals surface area (Å²) in [5, 5.41) is 0.485. The highest BCUT2D eigenvalue weighted by molar-refractivity contribution is 6.33. The van der Waals surface area contributed by atoms with E-state index in [0.29, 0.717) is 22.4 Å². The zero-order valence-electron chi connectivity index (χ0n) is 10.3. The number of nitrogen functional groups attached to an aromatic ring is 1. The molecule has 0 fully saturated rings. The van der Waals surface area contributed by atoms with Crippen molar-refractivity contribution >= 4 is 17.3 Å². The summed E-state index contributed by atoms with van der Waals surface area (Å²) in [6.07, 6.45) is 1.59. The van der Waals surface area contributed by atoms with Crippen LogP contribution in [0.1, 0.15) is 0 Å². The minimum atomic E-state index is -0.293. The number of anilines is 1. The first kappa shape index (κ1) is 12.7. The molecule has 0 atom stereocenters. The summed E-state index contributed by atoms with van der Waals surface area (Å²) in [6, 6.07) is 11.2. The van der Waals surface area contributed by atoms with Crippen LogP contribution in [-0.4, -0.2) is 4.98 Å². The quantitative estimate of drug-likeness (QED) is 0.712. The Labute approximate surface area is 119 Å². The SMILES string of the molecule is Nc1cc(-c2ncc(-c3ccc(F)cc3)o2)ccc1Cl. The van der Waals surface area contributed by atoms with E-state index in [1.165, 1.54) is 12.1 Å². The molecule has 0 amide bonds. The molecule has 0 unspecified atom stereocenters. The van der Waals surface area contributed by atoms with Gasteiger partial charge in [-0.05, 0) is 42.5 Å². The second-order valence-corrected chi connectivity index (χ2v) is 4.68. The summed E-state index contributed by atoms with van der Waals surface area (Å²) in [5.41, 5.74) is 7.71. The molecule has 0 saturated carbocycles. The van der Waals surface area contributed by atoms with Gasteiger partial charge in [0, 0.05) is 11.1 Å². The minimum Gasteiger partial charge on any atom is -0.436 e. The molecule has 3 nitrogen and oxygen atoms in total. The van der Waals surface area contributed by atoms with Crippen molar-refractivity contribution in [3.63, 3.8) is 0 Å². The summed E-state index contributed by atoms with van der Waals surface area (Å²) in [7, 11) is 0. The van der Waals surface area contributed by atoms with E-state index < -0.39 is 0 Å². The minimum absolute atomic E-state index is 0.293. The lowest BCUT2D eigenvalue weighted by Crippen LogP contribution is -1.87. The van der Waals surface area contributed by atoms with E-state index in [1.807, 2.05) is 0 Å². The molecule has 100 valence electrons. The van der Waals surface area contributed by atoms with Gasteiger partial charge in [0.05, 0.1) is 16.9 Å². The summed E-state index contributed by atoms with van der Waals surface area (Å²) >= 11 is 5.87. The summed E-state index contributed by atoms with van der Waals surface area (Å²) in [4.78, 5) is 4.20. The van der Waals surface area contributed by atoms with Gasteiger partial charge in [-0.15, -0.1) is 0 Å². The molecular weight excluding hydrogens is 279 g/mol. The fourth-order valence-corrected chi connectivity index (χ4v) is 1.95. The number of hydrogen-bond donors (Lipinski definition) is 1. The van der Waals surface area contributed by atoms with Crippen LogP contribution in [0.3, 0.4) is 0 Å². The lowest BCUT2D eigenvalue weighted by atomic mass is 10.2. The summed E-state index contributed by atoms with van der Waals surface area (Å²) in [6.45, 7) is 0. The Morgan fingerprint density at radius 2 is 1.75 bits per heavy atom. The lowest BCUT2D eigenvalue weighted by molar-refractivity contribution is 0.588. The van der Waals surface area contributed by atoms with Crippen LogP contribution in [0.4, 0.5) is 10.1 Å². The van der Waals surface area contributed by atoms with Crippen molar-refractivity contribution in [2.45, 2.75) is 0 Å². The van der Waals surface area contributed by atoms with Gasteiger partial charge in [-0.25, -0.2) is 9.37 Å². The molecule has 1 aromatic heterocycles. The first-order valence-electron chi connectivity index (χ1n) is 5.90. The zero-order chi connectivity index (χ0) is 14.1. The third kappa shape index (κ3) is 2.38. The lowest BCUT2D eigenvalue weighted by Gasteiger charge is -2.00. The number of nitrogens with two attached hydrogens (primary N) is 1. The van der Waals surface area contributed by atoms with Gasteiger partial charge >= 0.3 is 0 Å². The topological polar surface area (TPSA) is 52.0 Å². The van der Waals surface area contributed by atoms with Gasteiger partial charge in [0.2, 0.25) is 5.89 Å². The van der Waals surface area contributed by atoms with Gasteiger partial charge in [0.1, 0.15) is 5.82 Å². The predicted molar refractivity (Wildman–Crippen MR) is 76.8 cm³/mol. The molecule has 0 saturated heterocycles. The van der Waals surface area contributed by atoms with E-state index >= 15 is 0 Å². The molecule has 0 bridgehead atoms. The molecule has 0 aliphatic rings. The van der Waals surface area contributed by atoms with Crippen LogP contribution < -0.4 is 5.73 Å². The maximum atomic E-state index is 12.9. The van der Waals surface area contributed by atoms with E-state index in [1.54, 1.807) is 36.5 Å². The van der Waals surface area contributed by atoms with Crippen molar-refractivity contribution in [1.82, 2.24) is 4.98 Å². The second kappa shape index (κ2) is 4.98. The Balaban J connectivity index is 1.97. The van der Waals surface area contributed by atoms with Gasteiger partial charge in [-0.1, -0.05) is 11.6 Å². The van der Waals surface area contributed by atoms with E-state index in [9.17, 15) is 4.39 Å². The van der Waals surface area contributed by atoms with Crippen LogP contribution in [0.2, 0.25) is 5.02 Å². The van der Waals surface area contributed by atoms with E-state index in [0.717, 1.165) is 11.1 Å². The number of halogens is 2. The van der Waals surface area contributed by atoms with Crippen molar-refractivity contribution in [1.29, 1.82) is 0 Å². The number of nitrogens with zero attached hydrogens (tertiary/aromatic N) is 1. The van der Waals surface area contributed by atoms with Gasteiger partial charge < -0.3 is 10.2 Å². The number of hydrogen-bond acceptors (Lipinski definition) is 3. The van der Waals surface area contributed by atoms with Gasteiger partial charge in [0.25, 0.3) is 0 Å². The molecule has 0 radical (unpaired) electrons. The number of rotatable bonds is 2. The average molecular weight is 289 g/mol. The molecule has 0 aliphatic heterocycles. The van der Waals surface area contributed by atoms with Crippen LogP contribution in [-0.2, 0) is 0 Å². The number of benzene rings is 2. The molecule has 3 aromatic rings. The highest BCUT2D eigenvalue weighted by Gasteiger charge is 2.09. The first-order valence-corrected chi connectivity index (χ1v) is 6.28. The normalized spacial score (nSPS) is 10.7. The van der Waals surface area contributed by atoms with Gasteiger partial charge in [0.15, 0.2) is 5.76 Å². The maximum Gasteiger partial charge on any atom is 0.226 e. The van der Waals surface area contributed by atoms with Crippen molar-refractivity contribution in [2.75, 3.05) is 5.73 Å². The molecule has 1 heterocycles. The summed E-state index contributed by atoms with van der Waals surface area (Å²) < 4.78 is 18.5. The van der Waals surface area contributed by atoms with Crippen LogP contribution >= 0.6 is 11.6 Å². The third-order valence-electron chi connectivity index (χ3n) is 2.88. The Kier molecular flexibility index (Phi) is 3.16. The maximum absolute atomic E-state index is 12.9. The van der Waals surface area contributed by atoms with Crippen molar-refractivity contribution in [3.05, 3.63) is 59.5 Å². The first-order chi connectivity index (χ1) is 9.63. The van der Waals surface area contributed by atoms with Crippen molar-refractivity contribution < 1.29 is 8.81 Å². The third-order valence-corrected chi connectivity index (χ3v) is 3.22. The fraction of sp³-hybridized carbons (Fsp3) is 0. The van der Waals surface area contributed by atoms with Gasteiger partial charge in [-0.3, -0.25) is 0 Å². The smallest absolute Gasteiger partial charge is 0.226 e. The predicted octanol–water partition coefficient (Wildman–Crippen LogP) is 4.38. The van der Waals surface area contributed by atoms with Crippen LogP contribution in [0, 0.1) is 5.82 Å². The monoisotopic (exact) mass is 288 g/mol. The highest BCUT2D eigenvalue weighted by atomic mass is 35.5. The molecule has 2 aromatic carbocycles. The standard InChI is InChI=1S/C15H10ClFN2O/c16-12-6-3-10(7-13(12)18)15-19-8-14(20-15)9-1-4-11(17)5-2-9/h1-8H,18H2. The van der Waals surface area contributed by atoms with E-state index in [-0.39, 0.29) is 5.82 Å². The summed E-state index contributed by atoms with van der Waals surface area (Å²) in [5.74, 6) is 0.708. The molecule has 0 spiro atoms.